The molecule has 0 radical (unpaired) electrons. The van der Waals surface area contributed by atoms with E-state index in [1.165, 1.54) is 11.1 Å². The van der Waals surface area contributed by atoms with Crippen LogP contribution in [0.3, 0.4) is 0 Å². The molecular weight excluding hydrogens is 434 g/mol. The van der Waals surface area contributed by atoms with E-state index in [0.717, 1.165) is 19.1 Å². The molecule has 0 saturated carbocycles. The summed E-state index contributed by atoms with van der Waals surface area (Å²) in [6.45, 7) is 4.24. The molecular formula is C15H14Br3N. The summed E-state index contributed by atoms with van der Waals surface area (Å²) in [6.07, 6.45) is 0. The summed E-state index contributed by atoms with van der Waals surface area (Å²) in [7, 11) is 0. The van der Waals surface area contributed by atoms with Gasteiger partial charge in [0.1, 0.15) is 0 Å². The Morgan fingerprint density at radius 1 is 0.947 bits per heavy atom. The first-order valence-electron chi connectivity index (χ1n) is 5.95. The fourth-order valence-electron chi connectivity index (χ4n) is 1.90. The van der Waals surface area contributed by atoms with Crippen molar-refractivity contribution < 1.29 is 0 Å². The number of anilines is 1. The van der Waals surface area contributed by atoms with Crippen LogP contribution in [0.5, 0.6) is 0 Å². The van der Waals surface area contributed by atoms with Crippen molar-refractivity contribution in [3.8, 4) is 0 Å². The Morgan fingerprint density at radius 2 is 1.68 bits per heavy atom. The molecule has 0 bridgehead atoms. The summed E-state index contributed by atoms with van der Waals surface area (Å²) < 4.78 is 3.27. The molecule has 0 heterocycles. The van der Waals surface area contributed by atoms with Crippen molar-refractivity contribution in [3.05, 3.63) is 60.9 Å². The third-order valence-electron chi connectivity index (χ3n) is 2.93. The molecule has 1 atom stereocenters. The SMILES string of the molecule is Cc1ccc(NC(C)c2ccc(Br)cc2Br)c(Br)c1. The van der Waals surface area contributed by atoms with Gasteiger partial charge in [0.05, 0.1) is 0 Å². The van der Waals surface area contributed by atoms with Gasteiger partial charge in [-0.05, 0) is 65.2 Å². The van der Waals surface area contributed by atoms with Crippen molar-refractivity contribution in [2.45, 2.75) is 19.9 Å². The topological polar surface area (TPSA) is 12.0 Å². The molecule has 0 saturated heterocycles. The number of benzene rings is 2. The average Bonchev–Trinajstić information content (AvgIpc) is 2.32. The van der Waals surface area contributed by atoms with Crippen molar-refractivity contribution in [1.82, 2.24) is 0 Å². The first-order valence-corrected chi connectivity index (χ1v) is 8.33. The maximum absolute atomic E-state index is 3.61. The largest absolute Gasteiger partial charge is 0.378 e. The van der Waals surface area contributed by atoms with Crippen LogP contribution >= 0.6 is 47.8 Å². The standard InChI is InChI=1S/C15H14Br3N/c1-9-3-6-15(14(18)7-9)19-10(2)12-5-4-11(16)8-13(12)17/h3-8,10,19H,1-2H3. The van der Waals surface area contributed by atoms with Gasteiger partial charge in [0.25, 0.3) is 0 Å². The van der Waals surface area contributed by atoms with Gasteiger partial charge in [-0.2, -0.15) is 0 Å². The van der Waals surface area contributed by atoms with E-state index in [0.29, 0.717) is 0 Å². The minimum absolute atomic E-state index is 0.224. The summed E-state index contributed by atoms with van der Waals surface area (Å²) in [5.74, 6) is 0. The van der Waals surface area contributed by atoms with Crippen LogP contribution in [-0.4, -0.2) is 0 Å². The molecule has 0 spiro atoms. The Kier molecular flexibility index (Phi) is 5.09. The van der Waals surface area contributed by atoms with E-state index in [4.69, 9.17) is 0 Å². The van der Waals surface area contributed by atoms with E-state index in [9.17, 15) is 0 Å². The van der Waals surface area contributed by atoms with Crippen molar-refractivity contribution in [2.75, 3.05) is 5.32 Å². The number of rotatable bonds is 3. The second kappa shape index (κ2) is 6.42. The Morgan fingerprint density at radius 3 is 2.32 bits per heavy atom. The number of hydrogen-bond acceptors (Lipinski definition) is 1. The van der Waals surface area contributed by atoms with Gasteiger partial charge in [-0.15, -0.1) is 0 Å². The fourth-order valence-corrected chi connectivity index (χ4v) is 3.90. The minimum atomic E-state index is 0.224. The van der Waals surface area contributed by atoms with Gasteiger partial charge in [0, 0.05) is 25.1 Å². The molecule has 0 aliphatic carbocycles. The normalized spacial score (nSPS) is 12.3. The summed E-state index contributed by atoms with van der Waals surface area (Å²) in [5.41, 5.74) is 3.58. The van der Waals surface area contributed by atoms with Gasteiger partial charge in [0.2, 0.25) is 0 Å². The fraction of sp³-hybridized carbons (Fsp3) is 0.200. The molecule has 2 rings (SSSR count). The molecule has 19 heavy (non-hydrogen) atoms. The smallest absolute Gasteiger partial charge is 0.0497 e. The molecule has 0 aliphatic rings. The molecule has 1 nitrogen and oxygen atoms in total. The summed E-state index contributed by atoms with van der Waals surface area (Å²) in [6, 6.07) is 12.8. The molecule has 2 aromatic carbocycles. The lowest BCUT2D eigenvalue weighted by molar-refractivity contribution is 0.877. The molecule has 0 aromatic heterocycles. The highest BCUT2D eigenvalue weighted by Gasteiger charge is 2.11. The van der Waals surface area contributed by atoms with Crippen molar-refractivity contribution in [2.24, 2.45) is 0 Å². The summed E-state index contributed by atoms with van der Waals surface area (Å²) >= 11 is 10.7. The predicted molar refractivity (Wildman–Crippen MR) is 92.8 cm³/mol. The highest BCUT2D eigenvalue weighted by Crippen LogP contribution is 2.31. The molecule has 4 heteroatoms. The zero-order valence-corrected chi connectivity index (χ0v) is 15.4. The van der Waals surface area contributed by atoms with E-state index in [-0.39, 0.29) is 6.04 Å². The van der Waals surface area contributed by atoms with Crippen LogP contribution in [-0.2, 0) is 0 Å². The van der Waals surface area contributed by atoms with Gasteiger partial charge in [-0.3, -0.25) is 0 Å². The van der Waals surface area contributed by atoms with E-state index < -0.39 is 0 Å². The Bertz CT molecular complexity index is 596. The Labute approximate surface area is 139 Å². The summed E-state index contributed by atoms with van der Waals surface area (Å²) in [5, 5.41) is 3.52. The van der Waals surface area contributed by atoms with Crippen LogP contribution in [0, 0.1) is 6.92 Å². The lowest BCUT2D eigenvalue weighted by Gasteiger charge is -2.18. The van der Waals surface area contributed by atoms with Crippen LogP contribution in [0.2, 0.25) is 0 Å². The highest BCUT2D eigenvalue weighted by molar-refractivity contribution is 9.11. The van der Waals surface area contributed by atoms with Crippen LogP contribution in [0.4, 0.5) is 5.69 Å². The Balaban J connectivity index is 2.23. The van der Waals surface area contributed by atoms with Crippen molar-refractivity contribution >= 4 is 53.5 Å². The molecule has 0 amide bonds. The zero-order chi connectivity index (χ0) is 14.0. The van der Waals surface area contributed by atoms with Gasteiger partial charge >= 0.3 is 0 Å². The van der Waals surface area contributed by atoms with Gasteiger partial charge in [-0.25, -0.2) is 0 Å². The molecule has 2 aromatic rings. The first-order chi connectivity index (χ1) is 8.97. The molecule has 1 unspecified atom stereocenters. The lowest BCUT2D eigenvalue weighted by atomic mass is 10.1. The van der Waals surface area contributed by atoms with E-state index in [1.54, 1.807) is 0 Å². The number of hydrogen-bond donors (Lipinski definition) is 1. The first kappa shape index (κ1) is 15.1. The van der Waals surface area contributed by atoms with Gasteiger partial charge in [-0.1, -0.05) is 44.0 Å². The monoisotopic (exact) mass is 445 g/mol. The second-order valence-electron chi connectivity index (χ2n) is 4.52. The molecule has 0 aliphatic heterocycles. The number of halogens is 3. The second-order valence-corrected chi connectivity index (χ2v) is 7.14. The van der Waals surface area contributed by atoms with Crippen molar-refractivity contribution in [1.29, 1.82) is 0 Å². The number of aryl methyl sites for hydroxylation is 1. The van der Waals surface area contributed by atoms with E-state index >= 15 is 0 Å². The third kappa shape index (κ3) is 3.83. The lowest BCUT2D eigenvalue weighted by Crippen LogP contribution is -2.07. The minimum Gasteiger partial charge on any atom is -0.378 e. The summed E-state index contributed by atoms with van der Waals surface area (Å²) in [4.78, 5) is 0. The van der Waals surface area contributed by atoms with Crippen LogP contribution in [0.25, 0.3) is 0 Å². The maximum Gasteiger partial charge on any atom is 0.0497 e. The number of nitrogens with one attached hydrogen (secondary N) is 1. The van der Waals surface area contributed by atoms with Crippen LogP contribution < -0.4 is 5.32 Å². The van der Waals surface area contributed by atoms with E-state index in [1.807, 2.05) is 0 Å². The van der Waals surface area contributed by atoms with Gasteiger partial charge < -0.3 is 5.32 Å². The van der Waals surface area contributed by atoms with Crippen LogP contribution in [0.1, 0.15) is 24.1 Å². The molecule has 100 valence electrons. The predicted octanol–water partition coefficient (Wildman–Crippen LogP) is 6.46. The Hall–Kier alpha value is -0.320. The zero-order valence-electron chi connectivity index (χ0n) is 10.7. The highest BCUT2D eigenvalue weighted by atomic mass is 79.9. The van der Waals surface area contributed by atoms with Gasteiger partial charge in [0.15, 0.2) is 0 Å². The van der Waals surface area contributed by atoms with Crippen molar-refractivity contribution in [3.63, 3.8) is 0 Å². The van der Waals surface area contributed by atoms with Crippen LogP contribution in [0.15, 0.2) is 49.8 Å². The van der Waals surface area contributed by atoms with E-state index in [2.05, 4.69) is 103 Å². The molecule has 1 N–H and O–H groups in total. The average molecular weight is 448 g/mol. The third-order valence-corrected chi connectivity index (χ3v) is 4.76. The quantitative estimate of drug-likeness (QED) is 0.569. The maximum atomic E-state index is 3.61. The molecule has 0 fully saturated rings.